The number of allylic oxidation sites excluding steroid dienone is 1. The number of nitrogens with one attached hydrogen (secondary N) is 2. The van der Waals surface area contributed by atoms with Gasteiger partial charge in [-0.05, 0) is 57.9 Å². The SMILES string of the molecule is CC(C)(C)OC(=O)NC(C(=O)N1CCCC1=CNOCc1ccccc1)C1CCCCC1. The topological polar surface area (TPSA) is 79.9 Å². The Morgan fingerprint density at radius 2 is 1.84 bits per heavy atom. The average molecular weight is 444 g/mol. The van der Waals surface area contributed by atoms with Crippen LogP contribution in [0.5, 0.6) is 0 Å². The van der Waals surface area contributed by atoms with Crippen LogP contribution in [-0.2, 0) is 21.0 Å². The Morgan fingerprint density at radius 3 is 2.53 bits per heavy atom. The highest BCUT2D eigenvalue weighted by atomic mass is 16.6. The molecule has 7 heteroatoms. The molecule has 0 aromatic heterocycles. The fraction of sp³-hybridized carbons (Fsp3) is 0.600. The van der Waals surface area contributed by atoms with Gasteiger partial charge < -0.3 is 15.0 Å². The summed E-state index contributed by atoms with van der Waals surface area (Å²) in [6, 6.07) is 9.33. The van der Waals surface area contributed by atoms with Crippen LogP contribution in [0.15, 0.2) is 42.2 Å². The summed E-state index contributed by atoms with van der Waals surface area (Å²) in [7, 11) is 0. The van der Waals surface area contributed by atoms with Crippen molar-refractivity contribution in [2.75, 3.05) is 6.54 Å². The Hall–Kier alpha value is -2.54. The van der Waals surface area contributed by atoms with Crippen molar-refractivity contribution >= 4 is 12.0 Å². The molecule has 2 N–H and O–H groups in total. The second kappa shape index (κ2) is 11.4. The van der Waals surface area contributed by atoms with E-state index in [-0.39, 0.29) is 11.8 Å². The van der Waals surface area contributed by atoms with Crippen molar-refractivity contribution in [2.45, 2.75) is 84.0 Å². The molecule has 0 radical (unpaired) electrons. The van der Waals surface area contributed by atoms with E-state index in [1.807, 2.05) is 51.1 Å². The predicted octanol–water partition coefficient (Wildman–Crippen LogP) is 4.65. The van der Waals surface area contributed by atoms with Crippen LogP contribution in [0, 0.1) is 5.92 Å². The largest absolute Gasteiger partial charge is 0.444 e. The Labute approximate surface area is 191 Å². The number of carbonyl (C=O) groups excluding carboxylic acids is 2. The summed E-state index contributed by atoms with van der Waals surface area (Å²) in [5, 5.41) is 2.90. The molecule has 3 rings (SSSR count). The lowest BCUT2D eigenvalue weighted by Gasteiger charge is -2.33. The average Bonchev–Trinajstić information content (AvgIpc) is 3.23. The van der Waals surface area contributed by atoms with Crippen LogP contribution in [0.1, 0.15) is 71.3 Å². The third-order valence-corrected chi connectivity index (χ3v) is 5.88. The van der Waals surface area contributed by atoms with Gasteiger partial charge in [-0.1, -0.05) is 49.6 Å². The summed E-state index contributed by atoms with van der Waals surface area (Å²) >= 11 is 0. The van der Waals surface area contributed by atoms with Crippen LogP contribution >= 0.6 is 0 Å². The Kier molecular flexibility index (Phi) is 8.56. The second-order valence-electron chi connectivity index (χ2n) is 9.64. The third-order valence-electron chi connectivity index (χ3n) is 5.88. The molecule has 32 heavy (non-hydrogen) atoms. The van der Waals surface area contributed by atoms with Crippen LogP contribution in [0.25, 0.3) is 0 Å². The lowest BCUT2D eigenvalue weighted by atomic mass is 9.83. The van der Waals surface area contributed by atoms with Crippen LogP contribution in [0.4, 0.5) is 4.79 Å². The number of carbonyl (C=O) groups is 2. The fourth-order valence-corrected chi connectivity index (χ4v) is 4.36. The zero-order valence-corrected chi connectivity index (χ0v) is 19.6. The maximum absolute atomic E-state index is 13.6. The van der Waals surface area contributed by atoms with E-state index in [1.165, 1.54) is 6.42 Å². The minimum Gasteiger partial charge on any atom is -0.444 e. The van der Waals surface area contributed by atoms with E-state index < -0.39 is 17.7 Å². The first kappa shape index (κ1) is 24.1. The van der Waals surface area contributed by atoms with Gasteiger partial charge in [0.15, 0.2) is 0 Å². The van der Waals surface area contributed by atoms with E-state index >= 15 is 0 Å². The van der Waals surface area contributed by atoms with E-state index in [0.717, 1.165) is 49.8 Å². The minimum absolute atomic E-state index is 0.0589. The first-order valence-electron chi connectivity index (χ1n) is 11.7. The number of ether oxygens (including phenoxy) is 1. The van der Waals surface area contributed by atoms with Crippen molar-refractivity contribution in [2.24, 2.45) is 5.92 Å². The molecule has 2 aliphatic rings. The van der Waals surface area contributed by atoms with Gasteiger partial charge in [-0.25, -0.2) is 4.79 Å². The molecule has 2 amide bonds. The zero-order chi connectivity index (χ0) is 23.0. The van der Waals surface area contributed by atoms with Gasteiger partial charge in [-0.15, -0.1) is 0 Å². The fourth-order valence-electron chi connectivity index (χ4n) is 4.36. The number of hydroxylamine groups is 1. The minimum atomic E-state index is -0.608. The molecule has 1 heterocycles. The number of hydrogen-bond acceptors (Lipinski definition) is 5. The molecule has 1 aliphatic carbocycles. The highest BCUT2D eigenvalue weighted by Gasteiger charge is 2.37. The Bertz CT molecular complexity index is 782. The van der Waals surface area contributed by atoms with Gasteiger partial charge in [0.05, 0.1) is 6.61 Å². The highest BCUT2D eigenvalue weighted by Crippen LogP contribution is 2.30. The summed E-state index contributed by atoms with van der Waals surface area (Å²) in [6.07, 6.45) is 8.15. The van der Waals surface area contributed by atoms with Gasteiger partial charge >= 0.3 is 6.09 Å². The summed E-state index contributed by atoms with van der Waals surface area (Å²) in [5.74, 6) is 0.0734. The first-order valence-corrected chi connectivity index (χ1v) is 11.7. The highest BCUT2D eigenvalue weighted by molar-refractivity contribution is 5.87. The molecule has 1 aliphatic heterocycles. The van der Waals surface area contributed by atoms with E-state index in [9.17, 15) is 9.59 Å². The number of rotatable bonds is 7. The molecule has 176 valence electrons. The van der Waals surface area contributed by atoms with E-state index in [2.05, 4.69) is 10.8 Å². The second-order valence-corrected chi connectivity index (χ2v) is 9.64. The Balaban J connectivity index is 1.64. The molecule has 1 aromatic rings. The van der Waals surface area contributed by atoms with Gasteiger partial charge in [0.1, 0.15) is 11.6 Å². The number of nitrogens with zero attached hydrogens (tertiary/aromatic N) is 1. The lowest BCUT2D eigenvalue weighted by molar-refractivity contribution is -0.132. The molecular formula is C25H37N3O4. The van der Waals surface area contributed by atoms with Crippen molar-refractivity contribution in [3.05, 3.63) is 47.8 Å². The lowest BCUT2D eigenvalue weighted by Crippen LogP contribution is -2.52. The summed E-state index contributed by atoms with van der Waals surface area (Å²) in [5.41, 5.74) is 4.23. The maximum atomic E-state index is 13.6. The predicted molar refractivity (Wildman–Crippen MR) is 123 cm³/mol. The van der Waals surface area contributed by atoms with Crippen LogP contribution in [0.2, 0.25) is 0 Å². The zero-order valence-electron chi connectivity index (χ0n) is 19.6. The monoisotopic (exact) mass is 443 g/mol. The van der Waals surface area contributed by atoms with Gasteiger partial charge in [-0.2, -0.15) is 0 Å². The van der Waals surface area contributed by atoms with Crippen molar-refractivity contribution in [1.82, 2.24) is 15.7 Å². The van der Waals surface area contributed by atoms with Crippen molar-refractivity contribution < 1.29 is 19.2 Å². The van der Waals surface area contributed by atoms with Crippen molar-refractivity contribution in [1.29, 1.82) is 0 Å². The van der Waals surface area contributed by atoms with Crippen molar-refractivity contribution in [3.8, 4) is 0 Å². The molecule has 2 fully saturated rings. The first-order chi connectivity index (χ1) is 15.3. The van der Waals surface area contributed by atoms with Crippen molar-refractivity contribution in [3.63, 3.8) is 0 Å². The van der Waals surface area contributed by atoms with Gasteiger partial charge in [0, 0.05) is 18.4 Å². The molecule has 1 saturated carbocycles. The molecule has 0 spiro atoms. The Morgan fingerprint density at radius 1 is 1.12 bits per heavy atom. The summed E-state index contributed by atoms with van der Waals surface area (Å²) < 4.78 is 5.45. The molecule has 1 unspecified atom stereocenters. The molecule has 1 aromatic carbocycles. The number of likely N-dealkylation sites (tertiary alicyclic amines) is 1. The summed E-state index contributed by atoms with van der Waals surface area (Å²) in [4.78, 5) is 33.4. The number of amides is 2. The summed E-state index contributed by atoms with van der Waals surface area (Å²) in [6.45, 7) is 6.55. The quantitative estimate of drug-likeness (QED) is 0.474. The third kappa shape index (κ3) is 7.26. The van der Waals surface area contributed by atoms with E-state index in [1.54, 1.807) is 11.1 Å². The van der Waals surface area contributed by atoms with Gasteiger partial charge in [0.25, 0.3) is 0 Å². The van der Waals surface area contributed by atoms with E-state index in [4.69, 9.17) is 9.57 Å². The van der Waals surface area contributed by atoms with Gasteiger partial charge in [-0.3, -0.25) is 15.1 Å². The number of alkyl carbamates (subject to hydrolysis) is 1. The number of benzene rings is 1. The van der Waals surface area contributed by atoms with E-state index in [0.29, 0.717) is 13.2 Å². The molecule has 1 atom stereocenters. The smallest absolute Gasteiger partial charge is 0.408 e. The maximum Gasteiger partial charge on any atom is 0.408 e. The molecule has 0 bridgehead atoms. The normalized spacial score (nSPS) is 19.6. The number of hydrogen-bond donors (Lipinski definition) is 2. The van der Waals surface area contributed by atoms with Gasteiger partial charge in [0.2, 0.25) is 5.91 Å². The molecule has 7 nitrogen and oxygen atoms in total. The van der Waals surface area contributed by atoms with Crippen LogP contribution < -0.4 is 10.8 Å². The van der Waals surface area contributed by atoms with Crippen LogP contribution in [-0.4, -0.2) is 35.1 Å². The molecule has 1 saturated heterocycles. The molecular weight excluding hydrogens is 406 g/mol. The van der Waals surface area contributed by atoms with Crippen LogP contribution in [0.3, 0.4) is 0 Å². The standard InChI is InChI=1S/C25H37N3O4/c1-25(2,3)32-24(30)27-22(20-13-8-5-9-14-20)23(29)28-16-10-15-21(28)17-26-31-18-19-11-6-4-7-12-19/h4,6-7,11-12,17,20,22,26H,5,8-10,13-16,18H2,1-3H3,(H,27,30).